The highest BCUT2D eigenvalue weighted by molar-refractivity contribution is 7.23. The van der Waals surface area contributed by atoms with E-state index in [0.717, 1.165) is 35.2 Å². The van der Waals surface area contributed by atoms with Crippen LogP contribution in [-0.4, -0.2) is 40.4 Å². The highest BCUT2D eigenvalue weighted by Crippen LogP contribution is 2.27. The summed E-state index contributed by atoms with van der Waals surface area (Å²) in [5, 5.41) is 0. The van der Waals surface area contributed by atoms with Gasteiger partial charge in [-0.1, -0.05) is 11.3 Å². The van der Waals surface area contributed by atoms with Gasteiger partial charge < -0.3 is 9.64 Å². The lowest BCUT2D eigenvalue weighted by Crippen LogP contribution is -2.39. The summed E-state index contributed by atoms with van der Waals surface area (Å²) >= 11 is 1.41. The smallest absolute Gasteiger partial charge is 0.271 e. The summed E-state index contributed by atoms with van der Waals surface area (Å²) in [4.78, 5) is 32.3. The summed E-state index contributed by atoms with van der Waals surface area (Å²) in [6.07, 6.45) is 4.53. The van der Waals surface area contributed by atoms with Crippen molar-refractivity contribution in [3.05, 3.63) is 40.3 Å². The van der Waals surface area contributed by atoms with Crippen molar-refractivity contribution < 1.29 is 9.53 Å². The van der Waals surface area contributed by atoms with Gasteiger partial charge in [-0.2, -0.15) is 0 Å². The predicted molar refractivity (Wildman–Crippen MR) is 93.2 cm³/mol. The van der Waals surface area contributed by atoms with E-state index in [0.29, 0.717) is 18.1 Å². The second kappa shape index (κ2) is 5.90. The van der Waals surface area contributed by atoms with E-state index in [1.165, 1.54) is 21.9 Å². The summed E-state index contributed by atoms with van der Waals surface area (Å²) in [6.45, 7) is 1.42. The summed E-state index contributed by atoms with van der Waals surface area (Å²) < 4.78 is 7.66. The fraction of sp³-hybridized carbons (Fsp3) is 0.353. The molecule has 7 heteroatoms. The van der Waals surface area contributed by atoms with E-state index >= 15 is 0 Å². The second-order valence-electron chi connectivity index (χ2n) is 5.88. The van der Waals surface area contributed by atoms with Gasteiger partial charge in [0.05, 0.1) is 17.3 Å². The molecule has 3 heterocycles. The first-order valence-electron chi connectivity index (χ1n) is 7.96. The molecule has 4 rings (SSSR count). The van der Waals surface area contributed by atoms with E-state index in [-0.39, 0.29) is 17.0 Å². The van der Waals surface area contributed by atoms with E-state index in [1.54, 1.807) is 18.1 Å². The molecule has 0 saturated carbocycles. The molecule has 0 radical (unpaired) electrons. The molecule has 1 aliphatic heterocycles. The number of nitrogens with zero attached hydrogens (tertiary/aromatic N) is 3. The minimum Gasteiger partial charge on any atom is -0.497 e. The Morgan fingerprint density at radius 1 is 1.25 bits per heavy atom. The number of thiazole rings is 1. The Balaban J connectivity index is 1.86. The summed E-state index contributed by atoms with van der Waals surface area (Å²) in [5.74, 6) is 0.515. The van der Waals surface area contributed by atoms with Crippen LogP contribution in [0.1, 0.15) is 29.6 Å². The van der Waals surface area contributed by atoms with Gasteiger partial charge >= 0.3 is 0 Å². The number of fused-ring (bicyclic) bond motifs is 3. The van der Waals surface area contributed by atoms with E-state index in [9.17, 15) is 9.59 Å². The maximum Gasteiger partial charge on any atom is 0.271 e. The topological polar surface area (TPSA) is 63.9 Å². The number of ether oxygens (including phenoxy) is 1. The Labute approximate surface area is 142 Å². The Kier molecular flexibility index (Phi) is 3.72. The van der Waals surface area contributed by atoms with Crippen molar-refractivity contribution in [2.45, 2.75) is 19.3 Å². The minimum atomic E-state index is -0.299. The number of carbonyl (C=O) groups is 1. The van der Waals surface area contributed by atoms with Crippen molar-refractivity contribution in [3.63, 3.8) is 0 Å². The van der Waals surface area contributed by atoms with Crippen LogP contribution < -0.4 is 10.3 Å². The van der Waals surface area contributed by atoms with Crippen molar-refractivity contribution in [2.24, 2.45) is 0 Å². The lowest BCUT2D eigenvalue weighted by atomic mass is 10.1. The molecule has 0 aliphatic carbocycles. The molecule has 24 heavy (non-hydrogen) atoms. The maximum absolute atomic E-state index is 12.9. The average Bonchev–Trinajstić information content (AvgIpc) is 3.00. The van der Waals surface area contributed by atoms with Gasteiger partial charge in [0.2, 0.25) is 0 Å². The molecule has 0 spiro atoms. The van der Waals surface area contributed by atoms with Crippen molar-refractivity contribution in [1.29, 1.82) is 0 Å². The van der Waals surface area contributed by atoms with Crippen molar-refractivity contribution in [3.8, 4) is 5.75 Å². The average molecular weight is 343 g/mol. The molecule has 0 bridgehead atoms. The number of rotatable bonds is 2. The predicted octanol–water partition coefficient (Wildman–Crippen LogP) is 2.54. The lowest BCUT2D eigenvalue weighted by Gasteiger charge is -2.26. The van der Waals surface area contributed by atoms with Gasteiger partial charge in [-0.25, -0.2) is 4.98 Å². The number of methoxy groups -OCH3 is 1. The SMILES string of the molecule is COc1ccc2c(c1)sc1ncc(C(=O)N3CCCCC3)c(=O)n12. The summed E-state index contributed by atoms with van der Waals surface area (Å²) in [5.41, 5.74) is 0.596. The number of benzene rings is 1. The standard InChI is InChI=1S/C17H17N3O3S/c1-23-11-5-6-13-14(9-11)24-17-18-10-12(16(22)20(13)17)15(21)19-7-3-2-4-8-19/h5-6,9-10H,2-4,7-8H2,1H3. The monoisotopic (exact) mass is 343 g/mol. The molecule has 1 saturated heterocycles. The Morgan fingerprint density at radius 2 is 2.04 bits per heavy atom. The van der Waals surface area contributed by atoms with Crippen LogP contribution in [0.4, 0.5) is 0 Å². The second-order valence-corrected chi connectivity index (χ2v) is 6.89. The summed E-state index contributed by atoms with van der Waals surface area (Å²) in [7, 11) is 1.61. The van der Waals surface area contributed by atoms with E-state index in [2.05, 4.69) is 4.98 Å². The number of amides is 1. The van der Waals surface area contributed by atoms with E-state index < -0.39 is 0 Å². The van der Waals surface area contributed by atoms with Gasteiger partial charge in [0, 0.05) is 19.3 Å². The number of hydrogen-bond acceptors (Lipinski definition) is 5. The molecular formula is C17H17N3O3S. The van der Waals surface area contributed by atoms with E-state index in [4.69, 9.17) is 4.74 Å². The first-order chi connectivity index (χ1) is 11.7. The quantitative estimate of drug-likeness (QED) is 0.717. The maximum atomic E-state index is 12.9. The largest absolute Gasteiger partial charge is 0.497 e. The van der Waals surface area contributed by atoms with Crippen LogP contribution in [0.2, 0.25) is 0 Å². The van der Waals surface area contributed by atoms with Crippen molar-refractivity contribution in [2.75, 3.05) is 20.2 Å². The zero-order valence-electron chi connectivity index (χ0n) is 13.3. The molecule has 0 N–H and O–H groups in total. The molecular weight excluding hydrogens is 326 g/mol. The van der Waals surface area contributed by atoms with Gasteiger partial charge in [0.1, 0.15) is 11.3 Å². The molecule has 6 nitrogen and oxygen atoms in total. The van der Waals surface area contributed by atoms with Crippen LogP contribution in [0, 0.1) is 0 Å². The molecule has 124 valence electrons. The molecule has 1 aliphatic rings. The number of hydrogen-bond donors (Lipinski definition) is 0. The molecule has 3 aromatic rings. The first kappa shape index (κ1) is 15.1. The van der Waals surface area contributed by atoms with Crippen LogP contribution >= 0.6 is 11.3 Å². The lowest BCUT2D eigenvalue weighted by molar-refractivity contribution is 0.0722. The van der Waals surface area contributed by atoms with Crippen LogP contribution in [0.3, 0.4) is 0 Å². The highest BCUT2D eigenvalue weighted by Gasteiger charge is 2.23. The fourth-order valence-electron chi connectivity index (χ4n) is 3.12. The van der Waals surface area contributed by atoms with Gasteiger partial charge in [-0.3, -0.25) is 14.0 Å². The van der Waals surface area contributed by atoms with Crippen LogP contribution in [0.5, 0.6) is 5.75 Å². The van der Waals surface area contributed by atoms with Crippen molar-refractivity contribution >= 4 is 32.4 Å². The molecule has 1 amide bonds. The third kappa shape index (κ3) is 2.36. The van der Waals surface area contributed by atoms with E-state index in [1.807, 2.05) is 12.1 Å². The Hall–Kier alpha value is -2.41. The first-order valence-corrected chi connectivity index (χ1v) is 8.78. The number of aromatic nitrogens is 2. The fourth-order valence-corrected chi connectivity index (χ4v) is 4.14. The molecule has 0 atom stereocenters. The number of carbonyl (C=O) groups excluding carboxylic acids is 1. The zero-order valence-corrected chi connectivity index (χ0v) is 14.1. The minimum absolute atomic E-state index is 0.143. The van der Waals surface area contributed by atoms with Gasteiger partial charge in [0.25, 0.3) is 11.5 Å². The zero-order chi connectivity index (χ0) is 16.7. The Morgan fingerprint density at radius 3 is 2.79 bits per heavy atom. The highest BCUT2D eigenvalue weighted by atomic mass is 32.1. The van der Waals surface area contributed by atoms with Gasteiger partial charge in [0.15, 0.2) is 4.96 Å². The number of likely N-dealkylation sites (tertiary alicyclic amines) is 1. The van der Waals surface area contributed by atoms with Crippen LogP contribution in [0.15, 0.2) is 29.2 Å². The third-order valence-electron chi connectivity index (χ3n) is 4.41. The van der Waals surface area contributed by atoms with Crippen LogP contribution in [0.25, 0.3) is 15.2 Å². The molecule has 0 unspecified atom stereocenters. The molecule has 1 fully saturated rings. The number of piperidine rings is 1. The molecule has 2 aromatic heterocycles. The Bertz CT molecular complexity index is 986. The normalized spacial score (nSPS) is 15.1. The third-order valence-corrected chi connectivity index (χ3v) is 5.43. The van der Waals surface area contributed by atoms with Crippen LogP contribution in [-0.2, 0) is 0 Å². The van der Waals surface area contributed by atoms with Crippen molar-refractivity contribution in [1.82, 2.24) is 14.3 Å². The van der Waals surface area contributed by atoms with Gasteiger partial charge in [-0.05, 0) is 37.5 Å². The van der Waals surface area contributed by atoms with Gasteiger partial charge in [-0.15, -0.1) is 0 Å². The summed E-state index contributed by atoms with van der Waals surface area (Å²) in [6, 6.07) is 5.51. The molecule has 1 aromatic carbocycles.